The first kappa shape index (κ1) is 26.0. The molecule has 5 N–H and O–H groups in total. The first-order valence-electron chi connectivity index (χ1n) is 12.5. The molecular weight excluding hydrogens is 502 g/mol. The molecule has 1 saturated heterocycles. The largest absolute Gasteiger partial charge is 0.497 e. The van der Waals surface area contributed by atoms with Gasteiger partial charge >= 0.3 is 12.0 Å². The maximum absolute atomic E-state index is 13.3. The number of nitrogens with two attached hydrogens (primary N) is 1. The van der Waals surface area contributed by atoms with Gasteiger partial charge in [0.15, 0.2) is 0 Å². The third-order valence-electron chi connectivity index (χ3n) is 7.32. The van der Waals surface area contributed by atoms with Gasteiger partial charge in [-0.05, 0) is 18.6 Å². The van der Waals surface area contributed by atoms with Gasteiger partial charge in [0, 0.05) is 35.4 Å². The van der Waals surface area contributed by atoms with Crippen LogP contribution in [0.3, 0.4) is 0 Å². The lowest BCUT2D eigenvalue weighted by Crippen LogP contribution is -2.55. The summed E-state index contributed by atoms with van der Waals surface area (Å²) >= 11 is 0. The van der Waals surface area contributed by atoms with Crippen molar-refractivity contribution in [1.82, 2.24) is 20.6 Å². The fraction of sp³-hybridized carbons (Fsp3) is 0.286. The molecule has 2 aliphatic rings. The number of nitrogens with zero attached hydrogens (tertiary/aromatic N) is 2. The molecule has 0 spiro atoms. The molecular formula is C28H29N5O6. The number of fused-ring (bicyclic) bond motifs is 1. The predicted molar refractivity (Wildman–Crippen MR) is 143 cm³/mol. The lowest BCUT2D eigenvalue weighted by Gasteiger charge is -2.24. The van der Waals surface area contributed by atoms with Crippen molar-refractivity contribution < 1.29 is 29.0 Å². The number of carbonyl (C=O) groups excluding carboxylic acids is 2. The van der Waals surface area contributed by atoms with E-state index in [1.165, 1.54) is 11.0 Å². The third kappa shape index (κ3) is 4.84. The summed E-state index contributed by atoms with van der Waals surface area (Å²) in [6.07, 6.45) is 1.30. The van der Waals surface area contributed by atoms with E-state index in [0.29, 0.717) is 22.7 Å². The summed E-state index contributed by atoms with van der Waals surface area (Å²) in [7, 11) is 1.58. The van der Waals surface area contributed by atoms with Crippen LogP contribution in [0.1, 0.15) is 12.8 Å². The van der Waals surface area contributed by atoms with E-state index in [1.807, 2.05) is 48.5 Å². The van der Waals surface area contributed by atoms with Gasteiger partial charge in [-0.25, -0.2) is 20.4 Å². The van der Waals surface area contributed by atoms with Crippen molar-refractivity contribution in [3.63, 3.8) is 0 Å². The number of benzene rings is 2. The van der Waals surface area contributed by atoms with Crippen LogP contribution in [-0.4, -0.2) is 64.2 Å². The molecule has 39 heavy (non-hydrogen) atoms. The lowest BCUT2D eigenvalue weighted by atomic mass is 10.1. The Morgan fingerprint density at radius 2 is 1.97 bits per heavy atom. The molecule has 0 radical (unpaired) electrons. The van der Waals surface area contributed by atoms with Crippen LogP contribution in [-0.2, 0) is 9.59 Å². The zero-order valence-corrected chi connectivity index (χ0v) is 21.3. The molecule has 1 aliphatic carbocycles. The Morgan fingerprint density at radius 1 is 1.21 bits per heavy atom. The molecule has 0 unspecified atom stereocenters. The van der Waals surface area contributed by atoms with Crippen LogP contribution in [0, 0.1) is 5.92 Å². The molecule has 4 atom stereocenters. The second-order valence-corrected chi connectivity index (χ2v) is 9.66. The number of methoxy groups -OCH3 is 1. The summed E-state index contributed by atoms with van der Waals surface area (Å²) in [5.74, 6) is 4.43. The smallest absolute Gasteiger partial charge is 0.332 e. The number of carboxylic acids is 1. The van der Waals surface area contributed by atoms with Crippen LogP contribution in [0.4, 0.5) is 4.79 Å². The zero-order chi connectivity index (χ0) is 27.7. The zero-order valence-electron chi connectivity index (χ0n) is 21.3. The number of nitrogens with one attached hydrogen (secondary N) is 2. The van der Waals surface area contributed by atoms with E-state index in [2.05, 4.69) is 17.3 Å². The first-order valence-corrected chi connectivity index (χ1v) is 12.5. The van der Waals surface area contributed by atoms with E-state index >= 15 is 0 Å². The number of carboxylic acid groups (broad SMARTS) is 1. The van der Waals surface area contributed by atoms with Gasteiger partial charge in [0.25, 0.3) is 0 Å². The molecule has 5 rings (SSSR count). The summed E-state index contributed by atoms with van der Waals surface area (Å²) in [6, 6.07) is 15.2. The molecule has 2 heterocycles. The van der Waals surface area contributed by atoms with E-state index in [1.54, 1.807) is 13.2 Å². The van der Waals surface area contributed by atoms with E-state index in [-0.39, 0.29) is 25.3 Å². The van der Waals surface area contributed by atoms with Crippen molar-refractivity contribution in [3.05, 3.63) is 67.3 Å². The average molecular weight is 532 g/mol. The first-order chi connectivity index (χ1) is 18.8. The SMILES string of the molecule is C=C[C@@H]1C[C@]1(NC(=O)[C@@H]1C[C@@H](Oc2cc(-c3ccccc3)nc3cc(OC)ccc23)CN1C(=O)NN)C(=O)O. The number of likely N-dealkylation sites (tertiary alicyclic amines) is 1. The summed E-state index contributed by atoms with van der Waals surface area (Å²) in [5, 5.41) is 13.1. The molecule has 11 nitrogen and oxygen atoms in total. The standard InChI is InChI=1S/C28H29N5O6/c1-3-17-14-28(17,26(35)36)31-25(34)23-12-19(15-33(23)27(37)32-29)39-24-13-21(16-7-5-4-6-8-16)30-22-11-18(38-2)9-10-20(22)24/h3-11,13,17,19,23H,1,12,14-15,29H2,2H3,(H,31,34)(H,32,37)(H,35,36)/t17-,19-,23+,28-/m1/s1. The Kier molecular flexibility index (Phi) is 6.83. The van der Waals surface area contributed by atoms with Crippen LogP contribution in [0.25, 0.3) is 22.2 Å². The van der Waals surface area contributed by atoms with Gasteiger partial charge in [0.2, 0.25) is 5.91 Å². The molecule has 3 amide bonds. The van der Waals surface area contributed by atoms with Crippen molar-refractivity contribution in [2.45, 2.75) is 30.5 Å². The summed E-state index contributed by atoms with van der Waals surface area (Å²) < 4.78 is 11.8. The number of hydrogen-bond donors (Lipinski definition) is 4. The van der Waals surface area contributed by atoms with Crippen molar-refractivity contribution in [2.24, 2.45) is 11.8 Å². The molecule has 11 heteroatoms. The second-order valence-electron chi connectivity index (χ2n) is 9.66. The Hall–Kier alpha value is -4.64. The van der Waals surface area contributed by atoms with E-state index in [4.69, 9.17) is 20.3 Å². The number of amides is 3. The molecule has 0 bridgehead atoms. The molecule has 2 aromatic carbocycles. The van der Waals surface area contributed by atoms with Gasteiger partial charge in [-0.15, -0.1) is 6.58 Å². The number of urea groups is 1. The predicted octanol–water partition coefficient (Wildman–Crippen LogP) is 2.46. The maximum atomic E-state index is 13.3. The normalized spacial score (nSPS) is 23.6. The third-order valence-corrected chi connectivity index (χ3v) is 7.32. The lowest BCUT2D eigenvalue weighted by molar-refractivity contribution is -0.144. The van der Waals surface area contributed by atoms with Crippen molar-refractivity contribution in [2.75, 3.05) is 13.7 Å². The van der Waals surface area contributed by atoms with Crippen LogP contribution >= 0.6 is 0 Å². The van der Waals surface area contributed by atoms with Gasteiger partial charge in [0.1, 0.15) is 29.2 Å². The van der Waals surface area contributed by atoms with Crippen LogP contribution in [0.5, 0.6) is 11.5 Å². The van der Waals surface area contributed by atoms with Gasteiger partial charge in [-0.2, -0.15) is 0 Å². The Labute approximate surface area is 224 Å². The molecule has 3 aromatic rings. The Morgan fingerprint density at radius 3 is 2.62 bits per heavy atom. The van der Waals surface area contributed by atoms with Gasteiger partial charge < -0.3 is 24.8 Å². The quantitative estimate of drug-likeness (QED) is 0.149. The van der Waals surface area contributed by atoms with Crippen molar-refractivity contribution in [1.29, 1.82) is 0 Å². The van der Waals surface area contributed by atoms with Gasteiger partial charge in [-0.1, -0.05) is 36.4 Å². The number of ether oxygens (including phenoxy) is 2. The molecule has 1 aliphatic heterocycles. The molecule has 202 valence electrons. The number of hydrazine groups is 1. The summed E-state index contributed by atoms with van der Waals surface area (Å²) in [5.41, 5.74) is 2.87. The fourth-order valence-electron chi connectivity index (χ4n) is 5.09. The molecule has 1 saturated carbocycles. The number of pyridine rings is 1. The number of aliphatic carboxylic acids is 1. The van der Waals surface area contributed by atoms with Crippen LogP contribution in [0.2, 0.25) is 0 Å². The van der Waals surface area contributed by atoms with Crippen LogP contribution < -0.4 is 26.1 Å². The Bertz CT molecular complexity index is 1450. The Balaban J connectivity index is 1.45. The maximum Gasteiger partial charge on any atom is 0.332 e. The monoisotopic (exact) mass is 531 g/mol. The fourth-order valence-corrected chi connectivity index (χ4v) is 5.09. The number of aromatic nitrogens is 1. The van der Waals surface area contributed by atoms with Crippen LogP contribution in [0.15, 0.2) is 67.3 Å². The number of rotatable bonds is 8. The minimum atomic E-state index is -1.42. The van der Waals surface area contributed by atoms with Crippen molar-refractivity contribution in [3.8, 4) is 22.8 Å². The minimum Gasteiger partial charge on any atom is -0.497 e. The summed E-state index contributed by atoms with van der Waals surface area (Å²) in [6.45, 7) is 3.71. The van der Waals surface area contributed by atoms with E-state index in [9.17, 15) is 19.5 Å². The number of carbonyl (C=O) groups is 3. The van der Waals surface area contributed by atoms with E-state index < -0.39 is 35.6 Å². The van der Waals surface area contributed by atoms with Crippen molar-refractivity contribution >= 4 is 28.8 Å². The van der Waals surface area contributed by atoms with E-state index in [0.717, 1.165) is 10.9 Å². The highest BCUT2D eigenvalue weighted by molar-refractivity contribution is 5.94. The molecule has 1 aromatic heterocycles. The number of hydrogen-bond acceptors (Lipinski definition) is 7. The highest BCUT2D eigenvalue weighted by atomic mass is 16.5. The summed E-state index contributed by atoms with van der Waals surface area (Å²) in [4.78, 5) is 43.8. The highest BCUT2D eigenvalue weighted by Crippen LogP contribution is 2.45. The van der Waals surface area contributed by atoms with Gasteiger partial charge in [-0.3, -0.25) is 10.2 Å². The minimum absolute atomic E-state index is 0.0622. The second kappa shape index (κ2) is 10.3. The highest BCUT2D eigenvalue weighted by Gasteiger charge is 2.61. The molecule has 2 fully saturated rings. The topological polar surface area (TPSA) is 156 Å². The average Bonchev–Trinajstić information content (AvgIpc) is 3.52. The van der Waals surface area contributed by atoms with Gasteiger partial charge in [0.05, 0.1) is 24.9 Å².